The minimum Gasteiger partial charge on any atom is -0.394 e. The molecule has 3 N–H and O–H groups in total. The second kappa shape index (κ2) is 11.9. The Balaban J connectivity index is 1.32. The first kappa shape index (κ1) is 24.9. The molecule has 1 fully saturated rings. The number of nitriles is 1. The standard InChI is InChI=1S/C29H34N4O2/c1-2-29-31-13-14-33(29)28(20-35)12-5-21-3-6-23(7-4-21)24-8-10-25(11-9-24)26-15-22(16-26)18-32-27(17-30)19-34/h3-14,22,26-28,32,34-35H,2,15-16,18-20H2,1H3/b12-5+/t22?,26?,27?,28-/m0/s1. The number of rotatable bonds is 11. The summed E-state index contributed by atoms with van der Waals surface area (Å²) in [5, 5.41) is 31.0. The quantitative estimate of drug-likeness (QED) is 0.388. The Morgan fingerprint density at radius 2 is 1.77 bits per heavy atom. The Morgan fingerprint density at radius 1 is 1.09 bits per heavy atom. The minimum absolute atomic E-state index is 0.0333. The van der Waals surface area contributed by atoms with Gasteiger partial charge in [0.2, 0.25) is 0 Å². The van der Waals surface area contributed by atoms with Crippen molar-refractivity contribution in [3.05, 3.63) is 84.0 Å². The highest BCUT2D eigenvalue weighted by Gasteiger charge is 2.30. The molecule has 182 valence electrons. The maximum Gasteiger partial charge on any atom is 0.119 e. The van der Waals surface area contributed by atoms with Crippen molar-refractivity contribution < 1.29 is 10.2 Å². The topological polar surface area (TPSA) is 94.1 Å². The molecule has 0 spiro atoms. The molecule has 2 atom stereocenters. The normalized spacial score (nSPS) is 19.3. The summed E-state index contributed by atoms with van der Waals surface area (Å²) in [6.45, 7) is 2.75. The fourth-order valence-corrected chi connectivity index (χ4v) is 4.75. The summed E-state index contributed by atoms with van der Waals surface area (Å²) in [7, 11) is 0. The van der Waals surface area contributed by atoms with Crippen LogP contribution in [0.25, 0.3) is 17.2 Å². The summed E-state index contributed by atoms with van der Waals surface area (Å²) < 4.78 is 2.02. The number of aryl methyl sites for hydroxylation is 1. The Labute approximate surface area is 207 Å². The lowest BCUT2D eigenvalue weighted by molar-refractivity contribution is 0.224. The van der Waals surface area contributed by atoms with E-state index in [1.165, 1.54) is 16.7 Å². The highest BCUT2D eigenvalue weighted by molar-refractivity contribution is 5.66. The van der Waals surface area contributed by atoms with E-state index in [9.17, 15) is 5.11 Å². The summed E-state index contributed by atoms with van der Waals surface area (Å²) in [5.41, 5.74) is 4.83. The van der Waals surface area contributed by atoms with Crippen LogP contribution in [0.5, 0.6) is 0 Å². The van der Waals surface area contributed by atoms with Gasteiger partial charge in [-0.3, -0.25) is 5.32 Å². The van der Waals surface area contributed by atoms with Gasteiger partial charge in [-0.25, -0.2) is 4.98 Å². The zero-order valence-corrected chi connectivity index (χ0v) is 20.2. The molecule has 4 rings (SSSR count). The van der Waals surface area contributed by atoms with Crippen molar-refractivity contribution in [2.24, 2.45) is 5.92 Å². The van der Waals surface area contributed by atoms with E-state index >= 15 is 0 Å². The Hall–Kier alpha value is -3.24. The lowest BCUT2D eigenvalue weighted by Gasteiger charge is -2.36. The molecule has 1 aliphatic rings. The molecule has 1 heterocycles. The van der Waals surface area contributed by atoms with Crippen molar-refractivity contribution in [3.63, 3.8) is 0 Å². The molecule has 0 radical (unpaired) electrons. The van der Waals surface area contributed by atoms with Crippen LogP contribution >= 0.6 is 0 Å². The molecule has 0 amide bonds. The van der Waals surface area contributed by atoms with E-state index in [4.69, 9.17) is 10.4 Å². The van der Waals surface area contributed by atoms with Crippen LogP contribution in [0.4, 0.5) is 0 Å². The Bertz CT molecular complexity index is 1140. The van der Waals surface area contributed by atoms with Gasteiger partial charge in [-0.1, -0.05) is 67.6 Å². The summed E-state index contributed by atoms with van der Waals surface area (Å²) in [4.78, 5) is 4.35. The molecular weight excluding hydrogens is 436 g/mol. The van der Waals surface area contributed by atoms with Gasteiger partial charge < -0.3 is 14.8 Å². The molecule has 1 aliphatic carbocycles. The fourth-order valence-electron chi connectivity index (χ4n) is 4.75. The van der Waals surface area contributed by atoms with Crippen LogP contribution in [-0.4, -0.2) is 45.6 Å². The van der Waals surface area contributed by atoms with Crippen molar-refractivity contribution in [1.82, 2.24) is 14.9 Å². The van der Waals surface area contributed by atoms with Gasteiger partial charge >= 0.3 is 0 Å². The first-order chi connectivity index (χ1) is 17.1. The van der Waals surface area contributed by atoms with Gasteiger partial charge in [-0.15, -0.1) is 0 Å². The maximum absolute atomic E-state index is 9.83. The number of nitrogens with one attached hydrogen (secondary N) is 1. The van der Waals surface area contributed by atoms with Crippen LogP contribution < -0.4 is 5.32 Å². The molecule has 6 nitrogen and oxygen atoms in total. The van der Waals surface area contributed by atoms with Gasteiger partial charge in [0.05, 0.1) is 25.3 Å². The van der Waals surface area contributed by atoms with E-state index in [0.29, 0.717) is 11.8 Å². The van der Waals surface area contributed by atoms with E-state index < -0.39 is 6.04 Å². The molecule has 1 aromatic heterocycles. The second-order valence-corrected chi connectivity index (χ2v) is 9.26. The lowest BCUT2D eigenvalue weighted by atomic mass is 9.71. The molecular formula is C29H34N4O2. The molecule has 35 heavy (non-hydrogen) atoms. The van der Waals surface area contributed by atoms with Gasteiger partial charge in [0.1, 0.15) is 11.9 Å². The van der Waals surface area contributed by atoms with Gasteiger partial charge in [0.25, 0.3) is 0 Å². The van der Waals surface area contributed by atoms with Crippen molar-refractivity contribution in [2.75, 3.05) is 19.8 Å². The second-order valence-electron chi connectivity index (χ2n) is 9.26. The van der Waals surface area contributed by atoms with Crippen LogP contribution in [0.15, 0.2) is 67.0 Å². The number of aromatic nitrogens is 2. The summed E-state index contributed by atoms with van der Waals surface area (Å²) in [6.07, 6.45) is 10.8. The fraction of sp³-hybridized carbons (Fsp3) is 0.379. The van der Waals surface area contributed by atoms with Crippen LogP contribution in [0.1, 0.15) is 48.7 Å². The molecule has 2 aromatic carbocycles. The van der Waals surface area contributed by atoms with Crippen LogP contribution in [0.2, 0.25) is 0 Å². The maximum atomic E-state index is 9.83. The smallest absolute Gasteiger partial charge is 0.119 e. The van der Waals surface area contributed by atoms with E-state index in [1.807, 2.05) is 16.8 Å². The largest absolute Gasteiger partial charge is 0.394 e. The van der Waals surface area contributed by atoms with Crippen molar-refractivity contribution in [1.29, 1.82) is 5.26 Å². The van der Waals surface area contributed by atoms with Gasteiger partial charge in [-0.2, -0.15) is 5.26 Å². The third-order valence-electron chi connectivity index (χ3n) is 6.97. The highest BCUT2D eigenvalue weighted by Crippen LogP contribution is 2.41. The molecule has 0 bridgehead atoms. The molecule has 0 saturated heterocycles. The van der Waals surface area contributed by atoms with E-state index in [0.717, 1.165) is 37.2 Å². The number of benzene rings is 2. The first-order valence-corrected chi connectivity index (χ1v) is 12.4. The number of nitrogens with zero attached hydrogens (tertiary/aromatic N) is 3. The molecule has 1 saturated carbocycles. The monoisotopic (exact) mass is 470 g/mol. The zero-order valence-electron chi connectivity index (χ0n) is 20.2. The zero-order chi connectivity index (χ0) is 24.6. The Kier molecular flexibility index (Phi) is 8.49. The van der Waals surface area contributed by atoms with Gasteiger partial charge in [0, 0.05) is 18.8 Å². The predicted molar refractivity (Wildman–Crippen MR) is 139 cm³/mol. The van der Waals surface area contributed by atoms with E-state index in [-0.39, 0.29) is 19.3 Å². The number of hydrogen-bond donors (Lipinski definition) is 3. The number of aliphatic hydroxyl groups excluding tert-OH is 2. The minimum atomic E-state index is -0.461. The van der Waals surface area contributed by atoms with Crippen molar-refractivity contribution >= 4 is 6.08 Å². The average Bonchev–Trinajstić information content (AvgIpc) is 3.35. The predicted octanol–water partition coefficient (Wildman–Crippen LogP) is 4.33. The number of aliphatic hydroxyl groups is 2. The molecule has 0 aliphatic heterocycles. The number of imidazole rings is 1. The van der Waals surface area contributed by atoms with Crippen molar-refractivity contribution in [3.8, 4) is 17.2 Å². The van der Waals surface area contributed by atoms with Crippen molar-refractivity contribution in [2.45, 2.75) is 44.2 Å². The van der Waals surface area contributed by atoms with Crippen LogP contribution in [-0.2, 0) is 6.42 Å². The van der Waals surface area contributed by atoms with Crippen LogP contribution in [0.3, 0.4) is 0 Å². The molecule has 6 heteroatoms. The molecule has 3 aromatic rings. The summed E-state index contributed by atoms with van der Waals surface area (Å²) in [5.74, 6) is 2.10. The van der Waals surface area contributed by atoms with Crippen LogP contribution in [0, 0.1) is 17.2 Å². The number of hydrogen-bond acceptors (Lipinski definition) is 5. The molecule has 1 unspecified atom stereocenters. The Morgan fingerprint density at radius 3 is 2.37 bits per heavy atom. The lowest BCUT2D eigenvalue weighted by Crippen LogP contribution is -2.38. The highest BCUT2D eigenvalue weighted by atomic mass is 16.3. The van der Waals surface area contributed by atoms with Gasteiger partial charge in [0.15, 0.2) is 0 Å². The summed E-state index contributed by atoms with van der Waals surface area (Å²) in [6, 6.07) is 18.8. The van der Waals surface area contributed by atoms with E-state index in [2.05, 4.69) is 77.9 Å². The summed E-state index contributed by atoms with van der Waals surface area (Å²) >= 11 is 0. The average molecular weight is 471 g/mol. The third-order valence-corrected chi connectivity index (χ3v) is 6.97. The van der Waals surface area contributed by atoms with E-state index in [1.54, 1.807) is 6.20 Å². The van der Waals surface area contributed by atoms with Gasteiger partial charge in [-0.05, 0) is 53.5 Å². The SMILES string of the molecule is CCc1nccn1[C@@H](/C=C/c1ccc(-c2ccc(C3CC(CNC(C#N)CO)C3)cc2)cc1)CO. The third kappa shape index (κ3) is 6.07. The first-order valence-electron chi connectivity index (χ1n) is 12.4.